The molecular weight excluding hydrogens is 973 g/mol. The molecule has 5 aromatic rings. The van der Waals surface area contributed by atoms with Gasteiger partial charge in [0.2, 0.25) is 5.88 Å². The van der Waals surface area contributed by atoms with Gasteiger partial charge in [0, 0.05) is 93.3 Å². The van der Waals surface area contributed by atoms with Crippen LogP contribution in [0, 0.1) is 32.8 Å². The molecule has 2 fully saturated rings. The van der Waals surface area contributed by atoms with Gasteiger partial charge in [0.05, 0.1) is 33.1 Å². The van der Waals surface area contributed by atoms with E-state index in [-0.39, 0.29) is 53.0 Å². The molecule has 5 heterocycles. The maximum absolute atomic E-state index is 14.9. The number of hydrogen-bond donors (Lipinski definition) is 3. The van der Waals surface area contributed by atoms with Crippen molar-refractivity contribution in [2.75, 3.05) is 80.8 Å². The molecule has 1 atom stereocenters. The number of H-pyrrole nitrogens is 1. The van der Waals surface area contributed by atoms with Crippen LogP contribution in [-0.2, 0) is 14.8 Å². The number of benzene rings is 3. The molecule has 0 spiro atoms. The number of amides is 1. The van der Waals surface area contributed by atoms with E-state index in [1.807, 2.05) is 12.1 Å². The molecule has 0 bridgehead atoms. The molecule has 15 nitrogen and oxygen atoms in total. The Morgan fingerprint density at radius 3 is 2.43 bits per heavy atom. The normalized spacial score (nSPS) is 19.4. The second-order valence-electron chi connectivity index (χ2n) is 20.8. The molecule has 3 aliphatic heterocycles. The number of pyridine rings is 1. The van der Waals surface area contributed by atoms with Gasteiger partial charge in [0.1, 0.15) is 17.0 Å². The quantitative estimate of drug-likeness (QED) is 0.0753. The van der Waals surface area contributed by atoms with E-state index in [1.54, 1.807) is 35.4 Å². The predicted molar refractivity (Wildman–Crippen MR) is 273 cm³/mol. The maximum atomic E-state index is 14.9. The number of nitro groups is 1. The number of nitrogens with one attached hydrogen (secondary N) is 3. The van der Waals surface area contributed by atoms with Crippen molar-refractivity contribution >= 4 is 72.6 Å². The van der Waals surface area contributed by atoms with Gasteiger partial charge < -0.3 is 29.6 Å². The van der Waals surface area contributed by atoms with Crippen molar-refractivity contribution in [3.8, 4) is 5.88 Å². The lowest BCUT2D eigenvalue weighted by molar-refractivity contribution is -0.384. The molecule has 0 saturated carbocycles. The van der Waals surface area contributed by atoms with Crippen LogP contribution in [0.15, 0.2) is 89.5 Å². The summed E-state index contributed by atoms with van der Waals surface area (Å²) in [4.78, 5) is 39.5. The minimum absolute atomic E-state index is 0.0274. The zero-order chi connectivity index (χ0) is 51.2. The zero-order valence-corrected chi connectivity index (χ0v) is 42.4. The number of allylic oxidation sites excluding steroid dienone is 1. The van der Waals surface area contributed by atoms with Gasteiger partial charge in [-0.05, 0) is 109 Å². The Morgan fingerprint density at radius 1 is 0.986 bits per heavy atom. The topological polar surface area (TPSA) is 175 Å². The van der Waals surface area contributed by atoms with Crippen LogP contribution in [0.25, 0.3) is 16.6 Å². The predicted octanol–water partition coefficient (Wildman–Crippen LogP) is 10.6. The zero-order valence-electron chi connectivity index (χ0n) is 40.8. The van der Waals surface area contributed by atoms with Gasteiger partial charge in [0.25, 0.3) is 21.6 Å². The van der Waals surface area contributed by atoms with Gasteiger partial charge in [-0.25, -0.2) is 13.1 Å². The number of hydrogen-bond acceptors (Lipinski definition) is 12. The third kappa shape index (κ3) is 10.9. The van der Waals surface area contributed by atoms with Crippen molar-refractivity contribution in [3.63, 3.8) is 0 Å². The fourth-order valence-corrected chi connectivity index (χ4v) is 11.3. The van der Waals surface area contributed by atoms with Crippen molar-refractivity contribution < 1.29 is 40.8 Å². The van der Waals surface area contributed by atoms with E-state index < -0.39 is 48.9 Å². The van der Waals surface area contributed by atoms with E-state index in [2.05, 4.69) is 55.8 Å². The Labute approximate surface area is 422 Å². The molecule has 1 unspecified atom stereocenters. The number of fused-ring (bicyclic) bond motifs is 2. The molecule has 2 saturated heterocycles. The summed E-state index contributed by atoms with van der Waals surface area (Å²) in [7, 11) is -4.77. The number of aromatic amines is 1. The van der Waals surface area contributed by atoms with E-state index in [0.717, 1.165) is 58.6 Å². The fraction of sp³-hybridized carbons (Fsp3) is 0.462. The first kappa shape index (κ1) is 51.0. The standard InChI is InChI=1S/C52H60ClF3N8O7S/c1-50(2)17-13-36(42(28-50)34-5-7-38(53)8-6-34)30-61-19-21-62(22-20-61)39-9-11-41(48(65)60-72(68,69)40-10-12-43(45(27-40)64(66)67)58-29-33-15-23-70-24-16-33)44(26-39)63-31-37(51(3,4)52(54,55)56)32-71-49-46(63)25-35-14-18-57-47(35)59-49/h5-12,14,18,25-27,33,37,58H,13,15-17,19-24,28-32H2,1-4H3,(H,57,59)(H,60,65). The summed E-state index contributed by atoms with van der Waals surface area (Å²) in [5, 5.41) is 16.7. The Balaban J connectivity index is 1.05. The molecule has 3 aromatic carbocycles. The molecule has 384 valence electrons. The lowest BCUT2D eigenvalue weighted by Crippen LogP contribution is -2.47. The van der Waals surface area contributed by atoms with Crippen molar-refractivity contribution in [1.82, 2.24) is 19.6 Å². The molecule has 3 N–H and O–H groups in total. The second-order valence-corrected chi connectivity index (χ2v) is 22.9. The van der Waals surface area contributed by atoms with E-state index in [1.165, 1.54) is 34.9 Å². The highest BCUT2D eigenvalue weighted by atomic mass is 35.5. The third-order valence-electron chi connectivity index (χ3n) is 15.0. The van der Waals surface area contributed by atoms with Gasteiger partial charge in [-0.3, -0.25) is 19.8 Å². The Hall–Kier alpha value is -5.89. The van der Waals surface area contributed by atoms with Crippen molar-refractivity contribution in [3.05, 3.63) is 111 Å². The molecule has 72 heavy (non-hydrogen) atoms. The molecule has 1 aliphatic carbocycles. The first-order chi connectivity index (χ1) is 34.2. The Kier molecular flexibility index (Phi) is 14.3. The number of carbonyl (C=O) groups excluding carboxylic acids is 1. The number of anilines is 4. The SMILES string of the molecule is CC1(C)CCC(CN2CCN(c3ccc(C(=O)NS(=O)(=O)c4ccc(NCC5CCOCC5)c([N+](=O)[O-])c4)c(N4CC(C(C)(C)C(F)(F)F)COc5nc6[nH]ccc6cc54)c3)CC2)=C(c2ccc(Cl)cc2)C1. The van der Waals surface area contributed by atoms with Crippen LogP contribution in [0.4, 0.5) is 41.6 Å². The average Bonchev–Trinajstić information content (AvgIpc) is 3.72. The minimum atomic E-state index is -4.77. The molecule has 2 aromatic heterocycles. The number of piperazine rings is 1. The van der Waals surface area contributed by atoms with E-state index in [4.69, 9.17) is 21.1 Å². The molecule has 4 aliphatic rings. The maximum Gasteiger partial charge on any atom is 0.394 e. The third-order valence-corrected chi connectivity index (χ3v) is 16.6. The van der Waals surface area contributed by atoms with Crippen LogP contribution in [0.2, 0.25) is 5.02 Å². The van der Waals surface area contributed by atoms with Crippen LogP contribution in [0.1, 0.15) is 75.7 Å². The highest BCUT2D eigenvalue weighted by molar-refractivity contribution is 7.90. The van der Waals surface area contributed by atoms with Crippen molar-refractivity contribution in [2.24, 2.45) is 22.7 Å². The van der Waals surface area contributed by atoms with Gasteiger partial charge in [-0.15, -0.1) is 0 Å². The van der Waals surface area contributed by atoms with Crippen LogP contribution in [0.5, 0.6) is 5.88 Å². The Morgan fingerprint density at radius 2 is 1.72 bits per heavy atom. The Bertz CT molecular complexity index is 2990. The van der Waals surface area contributed by atoms with E-state index in [9.17, 15) is 36.5 Å². The summed E-state index contributed by atoms with van der Waals surface area (Å²) in [6, 6.07) is 19.8. The first-order valence-electron chi connectivity index (χ1n) is 24.4. The number of nitrogens with zero attached hydrogens (tertiary/aromatic N) is 5. The summed E-state index contributed by atoms with van der Waals surface area (Å²) in [6.07, 6.45) is 1.55. The summed E-state index contributed by atoms with van der Waals surface area (Å²) < 4.78 is 86.6. The van der Waals surface area contributed by atoms with Crippen LogP contribution < -0.4 is 24.6 Å². The van der Waals surface area contributed by atoms with Crippen molar-refractivity contribution in [1.29, 1.82) is 0 Å². The fourth-order valence-electron chi connectivity index (χ4n) is 10.2. The number of halogens is 4. The van der Waals surface area contributed by atoms with Gasteiger partial charge >= 0.3 is 6.18 Å². The van der Waals surface area contributed by atoms with Crippen molar-refractivity contribution in [2.45, 2.75) is 70.9 Å². The largest absolute Gasteiger partial charge is 0.476 e. The number of carbonyl (C=O) groups is 1. The smallest absolute Gasteiger partial charge is 0.394 e. The molecule has 20 heteroatoms. The minimum Gasteiger partial charge on any atom is -0.476 e. The summed E-state index contributed by atoms with van der Waals surface area (Å²) in [6.45, 7) is 11.1. The lowest BCUT2D eigenvalue weighted by Gasteiger charge is -2.40. The lowest BCUT2D eigenvalue weighted by atomic mass is 9.72. The number of rotatable bonds is 13. The number of ether oxygens (including phenoxy) is 2. The first-order valence-corrected chi connectivity index (χ1v) is 26.2. The number of nitro benzene ring substituents is 1. The molecule has 9 rings (SSSR count). The average molecular weight is 1030 g/mol. The van der Waals surface area contributed by atoms with Crippen LogP contribution in [0.3, 0.4) is 0 Å². The van der Waals surface area contributed by atoms with Gasteiger partial charge in [-0.1, -0.05) is 57.0 Å². The van der Waals surface area contributed by atoms with E-state index in [0.29, 0.717) is 67.7 Å². The molecule has 1 amide bonds. The van der Waals surface area contributed by atoms with E-state index >= 15 is 0 Å². The summed E-state index contributed by atoms with van der Waals surface area (Å²) in [5.41, 5.74) is 2.75. The monoisotopic (exact) mass is 1030 g/mol. The van der Waals surface area contributed by atoms with Gasteiger partial charge in [0.15, 0.2) is 0 Å². The van der Waals surface area contributed by atoms with Crippen LogP contribution in [-0.4, -0.2) is 106 Å². The summed E-state index contributed by atoms with van der Waals surface area (Å²) >= 11 is 6.27. The number of sulfonamides is 1. The summed E-state index contributed by atoms with van der Waals surface area (Å²) in [5.74, 6) is -2.06. The highest BCUT2D eigenvalue weighted by Gasteiger charge is 2.54. The molecule has 0 radical (unpaired) electrons. The molecular formula is C52H60ClF3N8O7S. The second kappa shape index (κ2) is 20.2. The number of alkyl halides is 3. The van der Waals surface area contributed by atoms with Gasteiger partial charge in [-0.2, -0.15) is 18.2 Å². The highest BCUT2D eigenvalue weighted by Crippen LogP contribution is 2.49. The van der Waals surface area contributed by atoms with Crippen LogP contribution >= 0.6 is 11.6 Å². The number of aromatic nitrogens is 2.